The number of benzene rings is 2. The largest absolute Gasteiger partial charge is 0.496 e. The molecule has 1 amide bonds. The number of guanidine groups is 1. The highest BCUT2D eigenvalue weighted by Gasteiger charge is 2.11. The van der Waals surface area contributed by atoms with E-state index in [1.807, 2.05) is 61.2 Å². The monoisotopic (exact) mass is 396 g/mol. The fourth-order valence-electron chi connectivity index (χ4n) is 3.09. The van der Waals surface area contributed by atoms with Gasteiger partial charge in [-0.3, -0.25) is 9.79 Å². The number of rotatable bonds is 9. The number of amides is 1. The lowest BCUT2D eigenvalue weighted by atomic mass is 10.1. The van der Waals surface area contributed by atoms with Crippen molar-refractivity contribution in [2.75, 3.05) is 33.8 Å². The van der Waals surface area contributed by atoms with Gasteiger partial charge in [-0.25, -0.2) is 0 Å². The molecule has 2 N–H and O–H groups in total. The molecule has 6 heteroatoms. The van der Waals surface area contributed by atoms with E-state index in [1.165, 1.54) is 0 Å². The van der Waals surface area contributed by atoms with Gasteiger partial charge in [-0.2, -0.15) is 0 Å². The summed E-state index contributed by atoms with van der Waals surface area (Å²) in [5, 5.41) is 6.63. The van der Waals surface area contributed by atoms with Crippen molar-refractivity contribution in [2.45, 2.75) is 26.8 Å². The van der Waals surface area contributed by atoms with Gasteiger partial charge in [0, 0.05) is 38.8 Å². The van der Waals surface area contributed by atoms with Crippen LogP contribution in [0.2, 0.25) is 0 Å². The van der Waals surface area contributed by atoms with E-state index in [1.54, 1.807) is 14.2 Å². The Hall–Kier alpha value is -3.02. The zero-order valence-corrected chi connectivity index (χ0v) is 17.9. The summed E-state index contributed by atoms with van der Waals surface area (Å²) in [4.78, 5) is 18.5. The van der Waals surface area contributed by atoms with Crippen molar-refractivity contribution < 1.29 is 9.53 Å². The van der Waals surface area contributed by atoms with Crippen LogP contribution in [0, 0.1) is 0 Å². The smallest absolute Gasteiger partial charge is 0.253 e. The number of nitrogens with one attached hydrogen (secondary N) is 2. The Morgan fingerprint density at radius 3 is 2.34 bits per heavy atom. The molecule has 0 saturated heterocycles. The maximum absolute atomic E-state index is 12.4. The first kappa shape index (κ1) is 22.3. The lowest BCUT2D eigenvalue weighted by molar-refractivity contribution is 0.0773. The second-order valence-electron chi connectivity index (χ2n) is 6.59. The number of nitrogens with zero attached hydrogens (tertiary/aromatic N) is 2. The van der Waals surface area contributed by atoms with Gasteiger partial charge in [0.2, 0.25) is 0 Å². The summed E-state index contributed by atoms with van der Waals surface area (Å²) in [6.45, 7) is 6.80. The van der Waals surface area contributed by atoms with Crippen LogP contribution >= 0.6 is 0 Å². The number of ether oxygens (including phenoxy) is 1. The van der Waals surface area contributed by atoms with Crippen LogP contribution in [-0.4, -0.2) is 50.6 Å². The maximum atomic E-state index is 12.4. The zero-order valence-electron chi connectivity index (χ0n) is 17.9. The third-order valence-corrected chi connectivity index (χ3v) is 4.81. The van der Waals surface area contributed by atoms with Crippen LogP contribution < -0.4 is 15.4 Å². The van der Waals surface area contributed by atoms with Crippen molar-refractivity contribution in [2.24, 2.45) is 4.99 Å². The molecule has 0 aliphatic rings. The molecule has 0 heterocycles. The quantitative estimate of drug-likeness (QED) is 0.505. The lowest BCUT2D eigenvalue weighted by Crippen LogP contribution is -2.37. The van der Waals surface area contributed by atoms with Crippen molar-refractivity contribution >= 4 is 11.9 Å². The van der Waals surface area contributed by atoms with Gasteiger partial charge < -0.3 is 20.3 Å². The molecule has 0 unspecified atom stereocenters. The second kappa shape index (κ2) is 11.7. The van der Waals surface area contributed by atoms with Crippen LogP contribution in [0.1, 0.15) is 35.3 Å². The number of hydrogen-bond acceptors (Lipinski definition) is 3. The maximum Gasteiger partial charge on any atom is 0.253 e. The molecule has 6 nitrogen and oxygen atoms in total. The summed E-state index contributed by atoms with van der Waals surface area (Å²) < 4.78 is 5.39. The predicted molar refractivity (Wildman–Crippen MR) is 119 cm³/mol. The van der Waals surface area contributed by atoms with Crippen molar-refractivity contribution in [3.8, 4) is 5.75 Å². The van der Waals surface area contributed by atoms with E-state index in [4.69, 9.17) is 4.74 Å². The first-order valence-electron chi connectivity index (χ1n) is 10.1. The SMILES string of the molecule is CCN(CC)C(=O)c1ccc(CNC(=NC)NCCc2ccccc2OC)cc1. The van der Waals surface area contributed by atoms with Crippen LogP contribution in [0.25, 0.3) is 0 Å². The Kier molecular flexibility index (Phi) is 9.02. The Balaban J connectivity index is 1.84. The minimum Gasteiger partial charge on any atom is -0.496 e. The van der Waals surface area contributed by atoms with Gasteiger partial charge >= 0.3 is 0 Å². The molecule has 156 valence electrons. The second-order valence-corrected chi connectivity index (χ2v) is 6.59. The fraction of sp³-hybridized carbons (Fsp3) is 0.391. The highest BCUT2D eigenvalue weighted by molar-refractivity contribution is 5.94. The number of methoxy groups -OCH3 is 1. The van der Waals surface area contributed by atoms with Crippen LogP contribution in [0.5, 0.6) is 5.75 Å². The molecule has 0 spiro atoms. The van der Waals surface area contributed by atoms with E-state index in [-0.39, 0.29) is 5.91 Å². The average molecular weight is 397 g/mol. The average Bonchev–Trinajstić information content (AvgIpc) is 2.77. The first-order valence-corrected chi connectivity index (χ1v) is 10.1. The summed E-state index contributed by atoms with van der Waals surface area (Å²) in [6, 6.07) is 15.7. The van der Waals surface area contributed by atoms with Crippen molar-refractivity contribution in [3.63, 3.8) is 0 Å². The summed E-state index contributed by atoms with van der Waals surface area (Å²) in [5.41, 5.74) is 2.97. The molecule has 0 fully saturated rings. The Labute approximate surface area is 174 Å². The van der Waals surface area contributed by atoms with Crippen molar-refractivity contribution in [1.82, 2.24) is 15.5 Å². The fourth-order valence-corrected chi connectivity index (χ4v) is 3.09. The van der Waals surface area contributed by atoms with Crippen molar-refractivity contribution in [3.05, 3.63) is 65.2 Å². The van der Waals surface area contributed by atoms with Gasteiger partial charge in [-0.15, -0.1) is 0 Å². The van der Waals surface area contributed by atoms with Crippen molar-refractivity contribution in [1.29, 1.82) is 0 Å². The number of aliphatic imine (C=N–C) groups is 1. The number of para-hydroxylation sites is 1. The van der Waals surface area contributed by atoms with Gasteiger partial charge in [0.05, 0.1) is 7.11 Å². The molecule has 0 bridgehead atoms. The summed E-state index contributed by atoms with van der Waals surface area (Å²) in [5.74, 6) is 1.71. The van der Waals surface area contributed by atoms with E-state index in [2.05, 4.69) is 21.7 Å². The van der Waals surface area contributed by atoms with E-state index < -0.39 is 0 Å². The molecular weight excluding hydrogens is 364 g/mol. The molecule has 2 aromatic rings. The predicted octanol–water partition coefficient (Wildman–Crippen LogP) is 3.08. The standard InChI is InChI=1S/C23H32N4O2/c1-5-27(6-2)22(28)20-13-11-18(12-14-20)17-26-23(24-3)25-16-15-19-9-7-8-10-21(19)29-4/h7-14H,5-6,15-17H2,1-4H3,(H2,24,25,26). The molecule has 29 heavy (non-hydrogen) atoms. The van der Waals surface area contributed by atoms with Gasteiger partial charge in [0.15, 0.2) is 5.96 Å². The van der Waals surface area contributed by atoms with Crippen LogP contribution in [0.4, 0.5) is 0 Å². The molecule has 0 radical (unpaired) electrons. The number of hydrogen-bond donors (Lipinski definition) is 2. The summed E-state index contributed by atoms with van der Waals surface area (Å²) >= 11 is 0. The minimum atomic E-state index is 0.0725. The van der Waals surface area contributed by atoms with E-state index in [9.17, 15) is 4.79 Å². The number of carbonyl (C=O) groups excluding carboxylic acids is 1. The summed E-state index contributed by atoms with van der Waals surface area (Å²) in [7, 11) is 3.44. The highest BCUT2D eigenvalue weighted by Crippen LogP contribution is 2.17. The normalized spacial score (nSPS) is 11.1. The topological polar surface area (TPSA) is 66.0 Å². The molecule has 2 aromatic carbocycles. The molecular formula is C23H32N4O2. The van der Waals surface area contributed by atoms with Gasteiger partial charge in [-0.1, -0.05) is 30.3 Å². The van der Waals surface area contributed by atoms with Gasteiger partial charge in [0.1, 0.15) is 5.75 Å². The third kappa shape index (κ3) is 6.52. The molecule has 2 rings (SSSR count). The third-order valence-electron chi connectivity index (χ3n) is 4.81. The van der Waals surface area contributed by atoms with Gasteiger partial charge in [0.25, 0.3) is 5.91 Å². The van der Waals surface area contributed by atoms with Crippen LogP contribution in [0.15, 0.2) is 53.5 Å². The molecule has 0 aromatic heterocycles. The van der Waals surface area contributed by atoms with E-state index in [0.29, 0.717) is 6.54 Å². The lowest BCUT2D eigenvalue weighted by Gasteiger charge is -2.18. The number of carbonyl (C=O) groups is 1. The molecule has 0 atom stereocenters. The zero-order chi connectivity index (χ0) is 21.1. The molecule has 0 aliphatic carbocycles. The Morgan fingerprint density at radius 1 is 1.03 bits per heavy atom. The molecule has 0 aliphatic heterocycles. The van der Waals surface area contributed by atoms with Gasteiger partial charge in [-0.05, 0) is 49.6 Å². The highest BCUT2D eigenvalue weighted by atomic mass is 16.5. The Morgan fingerprint density at radius 2 is 1.72 bits per heavy atom. The van der Waals surface area contributed by atoms with E-state index in [0.717, 1.165) is 54.5 Å². The first-order chi connectivity index (χ1) is 14.1. The van der Waals surface area contributed by atoms with Crippen LogP contribution in [0.3, 0.4) is 0 Å². The van der Waals surface area contributed by atoms with Crippen LogP contribution in [-0.2, 0) is 13.0 Å². The Bertz CT molecular complexity index is 799. The molecule has 0 saturated carbocycles. The minimum absolute atomic E-state index is 0.0725. The summed E-state index contributed by atoms with van der Waals surface area (Å²) in [6.07, 6.45) is 0.840. The van der Waals surface area contributed by atoms with E-state index >= 15 is 0 Å².